The van der Waals surface area contributed by atoms with E-state index in [0.717, 1.165) is 0 Å². The van der Waals surface area contributed by atoms with E-state index in [4.69, 9.17) is 11.6 Å². The summed E-state index contributed by atoms with van der Waals surface area (Å²) in [4.78, 5) is 11.4. The van der Waals surface area contributed by atoms with E-state index in [-0.39, 0.29) is 5.91 Å². The van der Waals surface area contributed by atoms with Gasteiger partial charge in [0.25, 0.3) is 5.91 Å². The Balaban J connectivity index is 2.75. The number of nitrogens with one attached hydrogen (secondary N) is 1. The van der Waals surface area contributed by atoms with E-state index in [1.165, 1.54) is 12.3 Å². The smallest absolute Gasteiger partial charge is 0.267 e. The number of halogens is 1. The lowest BCUT2D eigenvalue weighted by molar-refractivity contribution is 0.0955. The minimum Gasteiger partial charge on any atom is -0.267 e. The molecule has 4 heteroatoms. The van der Waals surface area contributed by atoms with E-state index in [2.05, 4.69) is 17.1 Å². The quantitative estimate of drug-likeness (QED) is 0.601. The van der Waals surface area contributed by atoms with Crippen molar-refractivity contribution >= 4 is 23.7 Å². The van der Waals surface area contributed by atoms with Crippen molar-refractivity contribution < 1.29 is 4.79 Å². The summed E-state index contributed by atoms with van der Waals surface area (Å²) in [6, 6.07) is 6.76. The lowest BCUT2D eigenvalue weighted by Gasteiger charge is -2.00. The van der Waals surface area contributed by atoms with Crippen LogP contribution in [0.5, 0.6) is 0 Å². The lowest BCUT2D eigenvalue weighted by atomic mass is 10.2. The van der Waals surface area contributed by atoms with Gasteiger partial charge in [-0.2, -0.15) is 5.10 Å². The Labute approximate surface area is 87.1 Å². The average molecular weight is 209 g/mol. The molecule has 0 aromatic heterocycles. The third-order valence-electron chi connectivity index (χ3n) is 1.46. The van der Waals surface area contributed by atoms with E-state index >= 15 is 0 Å². The Morgan fingerprint density at radius 3 is 2.86 bits per heavy atom. The van der Waals surface area contributed by atoms with Crippen molar-refractivity contribution in [1.29, 1.82) is 0 Å². The van der Waals surface area contributed by atoms with Crippen LogP contribution in [0, 0.1) is 0 Å². The molecule has 0 aliphatic rings. The van der Waals surface area contributed by atoms with Crippen molar-refractivity contribution in [2.24, 2.45) is 5.10 Å². The second kappa shape index (κ2) is 5.19. The topological polar surface area (TPSA) is 41.5 Å². The number of nitrogens with zero attached hydrogens (tertiary/aromatic N) is 1. The molecule has 1 aromatic carbocycles. The number of rotatable bonds is 3. The maximum Gasteiger partial charge on any atom is 0.272 e. The van der Waals surface area contributed by atoms with Crippen LogP contribution in [0.1, 0.15) is 10.4 Å². The third kappa shape index (κ3) is 2.71. The fourth-order valence-electron chi connectivity index (χ4n) is 0.854. The standard InChI is InChI=1S/C10H9ClN2O/c1-2-7-12-13-10(14)8-5-3-4-6-9(8)11/h2-7H,1H2,(H,13,14)/b12-7+. The van der Waals surface area contributed by atoms with Gasteiger partial charge in [0.1, 0.15) is 0 Å². The first-order chi connectivity index (χ1) is 6.75. The van der Waals surface area contributed by atoms with E-state index in [0.29, 0.717) is 10.6 Å². The number of hydrogen-bond donors (Lipinski definition) is 1. The zero-order chi connectivity index (χ0) is 10.4. The summed E-state index contributed by atoms with van der Waals surface area (Å²) in [6.45, 7) is 3.42. The number of benzene rings is 1. The number of carbonyl (C=O) groups is 1. The fraction of sp³-hybridized carbons (Fsp3) is 0. The molecule has 0 radical (unpaired) electrons. The highest BCUT2D eigenvalue weighted by Gasteiger charge is 2.07. The van der Waals surface area contributed by atoms with E-state index < -0.39 is 0 Å². The van der Waals surface area contributed by atoms with E-state index in [1.807, 2.05) is 0 Å². The van der Waals surface area contributed by atoms with Gasteiger partial charge in [-0.3, -0.25) is 4.79 Å². The molecule has 0 fully saturated rings. The summed E-state index contributed by atoms with van der Waals surface area (Å²) in [6.07, 6.45) is 2.85. The second-order valence-electron chi connectivity index (χ2n) is 2.43. The van der Waals surface area contributed by atoms with Crippen LogP contribution < -0.4 is 5.43 Å². The predicted molar refractivity (Wildman–Crippen MR) is 57.6 cm³/mol. The van der Waals surface area contributed by atoms with Gasteiger partial charge in [0.2, 0.25) is 0 Å². The largest absolute Gasteiger partial charge is 0.272 e. The molecule has 0 atom stereocenters. The lowest BCUT2D eigenvalue weighted by Crippen LogP contribution is -2.17. The van der Waals surface area contributed by atoms with Crippen molar-refractivity contribution in [2.75, 3.05) is 0 Å². The molecule has 1 rings (SSSR count). The Hall–Kier alpha value is -1.61. The van der Waals surface area contributed by atoms with Gasteiger partial charge in [-0.15, -0.1) is 0 Å². The molecule has 0 spiro atoms. The molecule has 1 amide bonds. The Kier molecular flexibility index (Phi) is 3.88. The monoisotopic (exact) mass is 208 g/mol. The maximum atomic E-state index is 11.4. The summed E-state index contributed by atoms with van der Waals surface area (Å²) in [5.74, 6) is -0.339. The van der Waals surface area contributed by atoms with Crippen LogP contribution in [0.25, 0.3) is 0 Å². The van der Waals surface area contributed by atoms with Gasteiger partial charge in [0.05, 0.1) is 10.6 Å². The van der Waals surface area contributed by atoms with Gasteiger partial charge in [0.15, 0.2) is 0 Å². The van der Waals surface area contributed by atoms with Crippen molar-refractivity contribution in [3.05, 3.63) is 47.5 Å². The van der Waals surface area contributed by atoms with Gasteiger partial charge >= 0.3 is 0 Å². The Morgan fingerprint density at radius 1 is 1.50 bits per heavy atom. The van der Waals surface area contributed by atoms with Gasteiger partial charge in [-0.25, -0.2) is 5.43 Å². The first-order valence-electron chi connectivity index (χ1n) is 3.94. The molecule has 3 nitrogen and oxygen atoms in total. The minimum absolute atomic E-state index is 0.339. The van der Waals surface area contributed by atoms with Crippen LogP contribution in [-0.2, 0) is 0 Å². The molecule has 0 aliphatic carbocycles. The van der Waals surface area contributed by atoms with Crippen molar-refractivity contribution in [1.82, 2.24) is 5.43 Å². The highest BCUT2D eigenvalue weighted by molar-refractivity contribution is 6.33. The van der Waals surface area contributed by atoms with Crippen LogP contribution in [-0.4, -0.2) is 12.1 Å². The minimum atomic E-state index is -0.339. The van der Waals surface area contributed by atoms with Gasteiger partial charge in [-0.1, -0.05) is 30.3 Å². The molecule has 14 heavy (non-hydrogen) atoms. The molecule has 0 aliphatic heterocycles. The molecule has 1 N–H and O–H groups in total. The molecule has 0 saturated carbocycles. The summed E-state index contributed by atoms with van der Waals surface area (Å²) >= 11 is 5.80. The van der Waals surface area contributed by atoms with Crippen molar-refractivity contribution in [3.63, 3.8) is 0 Å². The summed E-state index contributed by atoms with van der Waals surface area (Å²) in [5, 5.41) is 4.01. The summed E-state index contributed by atoms with van der Waals surface area (Å²) < 4.78 is 0. The Morgan fingerprint density at radius 2 is 2.21 bits per heavy atom. The number of hydrogen-bond acceptors (Lipinski definition) is 2. The first-order valence-corrected chi connectivity index (χ1v) is 4.32. The highest BCUT2D eigenvalue weighted by Crippen LogP contribution is 2.14. The maximum absolute atomic E-state index is 11.4. The van der Waals surface area contributed by atoms with Crippen LogP contribution in [0.4, 0.5) is 0 Å². The summed E-state index contributed by atoms with van der Waals surface area (Å²) in [5.41, 5.74) is 2.71. The van der Waals surface area contributed by atoms with E-state index in [9.17, 15) is 4.79 Å². The molecule has 0 bridgehead atoms. The van der Waals surface area contributed by atoms with E-state index in [1.54, 1.807) is 24.3 Å². The molecular formula is C10H9ClN2O. The molecular weight excluding hydrogens is 200 g/mol. The third-order valence-corrected chi connectivity index (χ3v) is 1.79. The number of amides is 1. The van der Waals surface area contributed by atoms with Gasteiger partial charge in [0, 0.05) is 6.21 Å². The number of carbonyl (C=O) groups excluding carboxylic acids is 1. The molecule has 1 aromatic rings. The van der Waals surface area contributed by atoms with Crippen molar-refractivity contribution in [3.8, 4) is 0 Å². The van der Waals surface area contributed by atoms with Crippen LogP contribution in [0.15, 0.2) is 42.0 Å². The highest BCUT2D eigenvalue weighted by atomic mass is 35.5. The zero-order valence-corrected chi connectivity index (χ0v) is 8.16. The van der Waals surface area contributed by atoms with Crippen molar-refractivity contribution in [2.45, 2.75) is 0 Å². The van der Waals surface area contributed by atoms with Gasteiger partial charge < -0.3 is 0 Å². The predicted octanol–water partition coefficient (Wildman–Crippen LogP) is 2.24. The van der Waals surface area contributed by atoms with Gasteiger partial charge in [-0.05, 0) is 18.2 Å². The molecule has 0 saturated heterocycles. The van der Waals surface area contributed by atoms with Crippen LogP contribution in [0.3, 0.4) is 0 Å². The molecule has 72 valence electrons. The second-order valence-corrected chi connectivity index (χ2v) is 2.84. The Bertz CT molecular complexity index is 374. The summed E-state index contributed by atoms with van der Waals surface area (Å²) in [7, 11) is 0. The molecule has 0 unspecified atom stereocenters. The average Bonchev–Trinajstić information content (AvgIpc) is 2.18. The normalized spacial score (nSPS) is 10.1. The van der Waals surface area contributed by atoms with Crippen LogP contribution in [0.2, 0.25) is 5.02 Å². The number of allylic oxidation sites excluding steroid dienone is 1. The zero-order valence-electron chi connectivity index (χ0n) is 7.40. The first kappa shape index (κ1) is 10.5. The number of hydrazone groups is 1. The fourth-order valence-corrected chi connectivity index (χ4v) is 1.08. The SMILES string of the molecule is C=C/C=N/NC(=O)c1ccccc1Cl. The van der Waals surface area contributed by atoms with Crippen LogP contribution >= 0.6 is 11.6 Å². The molecule has 0 heterocycles.